The van der Waals surface area contributed by atoms with Crippen LogP contribution in [0.5, 0.6) is 5.75 Å². The summed E-state index contributed by atoms with van der Waals surface area (Å²) in [5.41, 5.74) is 2.63. The quantitative estimate of drug-likeness (QED) is 0.901. The fourth-order valence-electron chi connectivity index (χ4n) is 3.71. The molecule has 0 bridgehead atoms. The number of nitrogens with one attached hydrogen (secondary N) is 1. The van der Waals surface area contributed by atoms with Crippen LogP contribution in [0.1, 0.15) is 51.7 Å². The number of ether oxygens (including phenoxy) is 1. The lowest BCUT2D eigenvalue weighted by atomic mass is 9.97. The average Bonchev–Trinajstić information content (AvgIpc) is 2.87. The Morgan fingerprint density at radius 3 is 2.75 bits per heavy atom. The molecule has 1 aliphatic heterocycles. The van der Waals surface area contributed by atoms with Gasteiger partial charge in [-0.25, -0.2) is 0 Å². The van der Waals surface area contributed by atoms with Crippen LogP contribution in [0.3, 0.4) is 0 Å². The fourth-order valence-corrected chi connectivity index (χ4v) is 3.71. The third-order valence-electron chi connectivity index (χ3n) is 5.19. The van der Waals surface area contributed by atoms with Crippen LogP contribution in [0, 0.1) is 11.8 Å². The SMILES string of the molecule is CC1CCC(NCc2cccc3c2OC(C)(C)C3)C1C. The Labute approximate surface area is 122 Å². The molecule has 1 N–H and O–H groups in total. The molecular weight excluding hydrogens is 246 g/mol. The summed E-state index contributed by atoms with van der Waals surface area (Å²) in [6, 6.07) is 7.24. The first-order valence-electron chi connectivity index (χ1n) is 7.99. The van der Waals surface area contributed by atoms with Gasteiger partial charge in [-0.05, 0) is 44.1 Å². The van der Waals surface area contributed by atoms with Crippen molar-refractivity contribution in [1.82, 2.24) is 5.32 Å². The average molecular weight is 273 g/mol. The Morgan fingerprint density at radius 1 is 1.25 bits per heavy atom. The lowest BCUT2D eigenvalue weighted by Gasteiger charge is -2.21. The molecule has 2 heteroatoms. The van der Waals surface area contributed by atoms with E-state index < -0.39 is 0 Å². The number of fused-ring (bicyclic) bond motifs is 1. The highest BCUT2D eigenvalue weighted by atomic mass is 16.5. The van der Waals surface area contributed by atoms with Crippen LogP contribution in [-0.4, -0.2) is 11.6 Å². The van der Waals surface area contributed by atoms with Crippen molar-refractivity contribution in [3.63, 3.8) is 0 Å². The number of rotatable bonds is 3. The van der Waals surface area contributed by atoms with E-state index in [1.807, 2.05) is 0 Å². The van der Waals surface area contributed by atoms with Gasteiger partial charge in [-0.1, -0.05) is 32.0 Å². The molecule has 1 aliphatic carbocycles. The van der Waals surface area contributed by atoms with E-state index in [-0.39, 0.29) is 5.60 Å². The molecule has 1 fully saturated rings. The maximum Gasteiger partial charge on any atom is 0.127 e. The maximum atomic E-state index is 6.15. The van der Waals surface area contributed by atoms with Crippen molar-refractivity contribution in [3.05, 3.63) is 29.3 Å². The molecule has 2 aliphatic rings. The molecule has 1 aromatic rings. The first-order chi connectivity index (χ1) is 9.46. The molecule has 3 unspecified atom stereocenters. The zero-order valence-electron chi connectivity index (χ0n) is 13.2. The number of benzene rings is 1. The number of hydrogen-bond donors (Lipinski definition) is 1. The molecule has 1 saturated carbocycles. The Kier molecular flexibility index (Phi) is 3.53. The Bertz CT molecular complexity index is 494. The summed E-state index contributed by atoms with van der Waals surface area (Å²) in [6.07, 6.45) is 3.69. The van der Waals surface area contributed by atoms with E-state index in [1.165, 1.54) is 24.0 Å². The smallest absolute Gasteiger partial charge is 0.127 e. The van der Waals surface area contributed by atoms with Crippen LogP contribution < -0.4 is 10.1 Å². The standard InChI is InChI=1S/C18H27NO/c1-12-8-9-16(13(12)2)19-11-15-7-5-6-14-10-18(3,4)20-17(14)15/h5-7,12-13,16,19H,8-11H2,1-4H3. The molecule has 1 aromatic carbocycles. The lowest BCUT2D eigenvalue weighted by Crippen LogP contribution is -2.32. The van der Waals surface area contributed by atoms with Gasteiger partial charge in [0, 0.05) is 24.6 Å². The zero-order chi connectivity index (χ0) is 14.3. The fraction of sp³-hybridized carbons (Fsp3) is 0.667. The van der Waals surface area contributed by atoms with Gasteiger partial charge < -0.3 is 10.1 Å². The Balaban J connectivity index is 1.69. The molecule has 1 heterocycles. The molecular formula is C18H27NO. The molecule has 0 radical (unpaired) electrons. The van der Waals surface area contributed by atoms with Crippen LogP contribution in [-0.2, 0) is 13.0 Å². The van der Waals surface area contributed by atoms with Crippen molar-refractivity contribution >= 4 is 0 Å². The molecule has 110 valence electrons. The van der Waals surface area contributed by atoms with E-state index in [2.05, 4.69) is 51.2 Å². The maximum absolute atomic E-state index is 6.15. The van der Waals surface area contributed by atoms with Crippen molar-refractivity contribution in [3.8, 4) is 5.75 Å². The molecule has 3 rings (SSSR count). The van der Waals surface area contributed by atoms with Gasteiger partial charge in [0.1, 0.15) is 11.4 Å². The van der Waals surface area contributed by atoms with E-state index in [0.717, 1.165) is 30.6 Å². The van der Waals surface area contributed by atoms with Crippen molar-refractivity contribution in [2.24, 2.45) is 11.8 Å². The van der Waals surface area contributed by atoms with Crippen molar-refractivity contribution in [2.45, 2.75) is 65.1 Å². The highest BCUT2D eigenvalue weighted by Crippen LogP contribution is 2.38. The minimum atomic E-state index is -0.0480. The second kappa shape index (κ2) is 5.07. The predicted octanol–water partition coefficient (Wildman–Crippen LogP) is 3.92. The highest BCUT2D eigenvalue weighted by molar-refractivity contribution is 5.45. The second-order valence-electron chi connectivity index (χ2n) is 7.35. The molecule has 2 nitrogen and oxygen atoms in total. The summed E-state index contributed by atoms with van der Waals surface area (Å²) in [5, 5.41) is 3.76. The molecule has 0 spiro atoms. The van der Waals surface area contributed by atoms with Gasteiger partial charge in [0.2, 0.25) is 0 Å². The van der Waals surface area contributed by atoms with Gasteiger partial charge in [0.15, 0.2) is 0 Å². The van der Waals surface area contributed by atoms with Crippen molar-refractivity contribution in [1.29, 1.82) is 0 Å². The third-order valence-corrected chi connectivity index (χ3v) is 5.19. The van der Waals surface area contributed by atoms with Gasteiger partial charge in [-0.2, -0.15) is 0 Å². The van der Waals surface area contributed by atoms with Crippen LogP contribution >= 0.6 is 0 Å². The molecule has 20 heavy (non-hydrogen) atoms. The normalized spacial score (nSPS) is 31.1. The first kappa shape index (κ1) is 13.9. The van der Waals surface area contributed by atoms with Crippen LogP contribution in [0.2, 0.25) is 0 Å². The molecule has 0 aromatic heterocycles. The van der Waals surface area contributed by atoms with Crippen LogP contribution in [0.15, 0.2) is 18.2 Å². The summed E-state index contributed by atoms with van der Waals surface area (Å²) in [6.45, 7) is 10.0. The van der Waals surface area contributed by atoms with Gasteiger partial charge in [0.25, 0.3) is 0 Å². The van der Waals surface area contributed by atoms with Crippen LogP contribution in [0.4, 0.5) is 0 Å². The first-order valence-corrected chi connectivity index (χ1v) is 7.99. The largest absolute Gasteiger partial charge is 0.487 e. The summed E-state index contributed by atoms with van der Waals surface area (Å²) < 4.78 is 6.15. The van der Waals surface area contributed by atoms with E-state index in [4.69, 9.17) is 4.74 Å². The van der Waals surface area contributed by atoms with E-state index in [9.17, 15) is 0 Å². The summed E-state index contributed by atoms with van der Waals surface area (Å²) in [4.78, 5) is 0. The number of para-hydroxylation sites is 1. The van der Waals surface area contributed by atoms with Crippen molar-refractivity contribution < 1.29 is 4.74 Å². The molecule has 0 saturated heterocycles. The zero-order valence-corrected chi connectivity index (χ0v) is 13.2. The van der Waals surface area contributed by atoms with Gasteiger partial charge in [-0.3, -0.25) is 0 Å². The molecule has 0 amide bonds. The summed E-state index contributed by atoms with van der Waals surface area (Å²) in [5.74, 6) is 2.76. The van der Waals surface area contributed by atoms with Crippen LogP contribution in [0.25, 0.3) is 0 Å². The van der Waals surface area contributed by atoms with E-state index >= 15 is 0 Å². The van der Waals surface area contributed by atoms with Crippen molar-refractivity contribution in [2.75, 3.05) is 0 Å². The van der Waals surface area contributed by atoms with E-state index in [0.29, 0.717) is 6.04 Å². The Morgan fingerprint density at radius 2 is 2.05 bits per heavy atom. The topological polar surface area (TPSA) is 21.3 Å². The second-order valence-corrected chi connectivity index (χ2v) is 7.35. The van der Waals surface area contributed by atoms with E-state index in [1.54, 1.807) is 0 Å². The summed E-state index contributed by atoms with van der Waals surface area (Å²) >= 11 is 0. The lowest BCUT2D eigenvalue weighted by molar-refractivity contribution is 0.137. The Hall–Kier alpha value is -1.02. The third kappa shape index (κ3) is 2.58. The van der Waals surface area contributed by atoms with Gasteiger partial charge in [-0.15, -0.1) is 0 Å². The molecule has 3 atom stereocenters. The highest BCUT2D eigenvalue weighted by Gasteiger charge is 2.32. The predicted molar refractivity (Wildman–Crippen MR) is 83.0 cm³/mol. The monoisotopic (exact) mass is 273 g/mol. The minimum absolute atomic E-state index is 0.0480. The van der Waals surface area contributed by atoms with Gasteiger partial charge in [0.05, 0.1) is 0 Å². The number of hydrogen-bond acceptors (Lipinski definition) is 2. The minimum Gasteiger partial charge on any atom is -0.487 e. The summed E-state index contributed by atoms with van der Waals surface area (Å²) in [7, 11) is 0. The van der Waals surface area contributed by atoms with Gasteiger partial charge >= 0.3 is 0 Å².